The van der Waals surface area contributed by atoms with E-state index in [1.165, 1.54) is 18.4 Å². The van der Waals surface area contributed by atoms with Crippen LogP contribution in [0, 0.1) is 0 Å². The summed E-state index contributed by atoms with van der Waals surface area (Å²) in [5.74, 6) is 0.355. The third-order valence-corrected chi connectivity index (χ3v) is 4.77. The van der Waals surface area contributed by atoms with Gasteiger partial charge in [-0.2, -0.15) is 0 Å². The first-order chi connectivity index (χ1) is 10.9. The van der Waals surface area contributed by atoms with Crippen LogP contribution in [0.2, 0.25) is 0 Å². The van der Waals surface area contributed by atoms with Gasteiger partial charge in [0, 0.05) is 25.7 Å². The van der Waals surface area contributed by atoms with Crippen molar-refractivity contribution in [2.45, 2.75) is 64.3 Å². The Bertz CT molecular complexity index is 482. The first kappa shape index (κ1) is 18.2. The molecule has 23 heavy (non-hydrogen) atoms. The molecule has 1 aromatic rings. The highest BCUT2D eigenvalue weighted by Crippen LogP contribution is 2.19. The Kier molecular flexibility index (Phi) is 6.45. The summed E-state index contributed by atoms with van der Waals surface area (Å²) in [6.45, 7) is 9.67. The second-order valence-corrected chi connectivity index (χ2v) is 7.46. The summed E-state index contributed by atoms with van der Waals surface area (Å²) in [5.41, 5.74) is 1.12. The number of nitrogens with zero attached hydrogens (tertiary/aromatic N) is 1. The average molecular weight is 320 g/mol. The van der Waals surface area contributed by atoms with E-state index in [4.69, 9.17) is 4.74 Å². The normalized spacial score (nSPS) is 19.0. The number of rotatable bonds is 7. The molecule has 0 unspecified atom stereocenters. The molecule has 1 fully saturated rings. The Morgan fingerprint density at radius 3 is 2.65 bits per heavy atom. The van der Waals surface area contributed by atoms with Gasteiger partial charge < -0.3 is 15.2 Å². The zero-order valence-electron chi connectivity index (χ0n) is 15.0. The molecule has 0 saturated carbocycles. The van der Waals surface area contributed by atoms with Crippen LogP contribution in [-0.2, 0) is 11.3 Å². The van der Waals surface area contributed by atoms with Crippen molar-refractivity contribution in [3.8, 4) is 5.75 Å². The topological polar surface area (TPSA) is 44.7 Å². The van der Waals surface area contributed by atoms with E-state index in [1.54, 1.807) is 13.2 Å². The summed E-state index contributed by atoms with van der Waals surface area (Å²) >= 11 is 0. The van der Waals surface area contributed by atoms with E-state index in [0.717, 1.165) is 26.1 Å². The van der Waals surface area contributed by atoms with Crippen LogP contribution in [0.5, 0.6) is 5.75 Å². The Morgan fingerprint density at radius 2 is 2.04 bits per heavy atom. The fourth-order valence-electron chi connectivity index (χ4n) is 3.45. The predicted molar refractivity (Wildman–Crippen MR) is 94.7 cm³/mol. The molecule has 2 rings (SSSR count). The van der Waals surface area contributed by atoms with Gasteiger partial charge in [0.2, 0.25) is 0 Å². The van der Waals surface area contributed by atoms with Crippen molar-refractivity contribution in [1.29, 1.82) is 0 Å². The molecule has 0 radical (unpaired) electrons. The highest BCUT2D eigenvalue weighted by molar-refractivity contribution is 5.27. The van der Waals surface area contributed by atoms with E-state index in [1.807, 2.05) is 12.1 Å². The van der Waals surface area contributed by atoms with Gasteiger partial charge in [-0.25, -0.2) is 0 Å². The van der Waals surface area contributed by atoms with Gasteiger partial charge in [-0.3, -0.25) is 4.90 Å². The number of benzene rings is 1. The zero-order valence-corrected chi connectivity index (χ0v) is 15.0. The van der Waals surface area contributed by atoms with Crippen molar-refractivity contribution in [3.05, 3.63) is 29.8 Å². The Balaban J connectivity index is 1.73. The number of methoxy groups -OCH3 is 1. The lowest BCUT2D eigenvalue weighted by Gasteiger charge is -2.35. The minimum Gasteiger partial charge on any atom is -0.508 e. The molecule has 0 amide bonds. The van der Waals surface area contributed by atoms with Crippen LogP contribution in [0.1, 0.15) is 45.6 Å². The standard InChI is InChI=1S/C19H32N2O2/c1-15(13-19(2,3)23-4)20-17-8-10-21(11-9-17)14-16-6-5-7-18(22)12-16/h5-7,12,15,17,20,22H,8-11,13-14H2,1-4H3/t15-/m0/s1. The van der Waals surface area contributed by atoms with E-state index in [2.05, 4.69) is 37.1 Å². The molecule has 0 aromatic heterocycles. The van der Waals surface area contributed by atoms with E-state index in [9.17, 15) is 5.11 Å². The molecule has 1 aliphatic rings. The van der Waals surface area contributed by atoms with Gasteiger partial charge in [-0.1, -0.05) is 12.1 Å². The van der Waals surface area contributed by atoms with Gasteiger partial charge in [0.05, 0.1) is 5.60 Å². The first-order valence-electron chi connectivity index (χ1n) is 8.69. The molecule has 1 saturated heterocycles. The average Bonchev–Trinajstić information content (AvgIpc) is 2.49. The minimum atomic E-state index is -0.0670. The Labute approximate surface area is 140 Å². The van der Waals surface area contributed by atoms with Gasteiger partial charge in [-0.15, -0.1) is 0 Å². The third kappa shape index (κ3) is 6.13. The molecule has 0 spiro atoms. The summed E-state index contributed by atoms with van der Waals surface area (Å²) in [5, 5.41) is 13.3. The van der Waals surface area contributed by atoms with E-state index < -0.39 is 0 Å². The first-order valence-corrected chi connectivity index (χ1v) is 8.69. The molecule has 130 valence electrons. The van der Waals surface area contributed by atoms with Crippen LogP contribution in [0.25, 0.3) is 0 Å². The lowest BCUT2D eigenvalue weighted by molar-refractivity contribution is 0.00686. The summed E-state index contributed by atoms with van der Waals surface area (Å²) in [7, 11) is 1.78. The fraction of sp³-hybridized carbons (Fsp3) is 0.684. The number of piperidine rings is 1. The van der Waals surface area contributed by atoms with E-state index in [0.29, 0.717) is 17.8 Å². The summed E-state index contributed by atoms with van der Waals surface area (Å²) in [4.78, 5) is 2.47. The quantitative estimate of drug-likeness (QED) is 0.810. The van der Waals surface area contributed by atoms with Gasteiger partial charge in [-0.05, 0) is 70.8 Å². The second kappa shape index (κ2) is 8.13. The molecule has 1 aliphatic heterocycles. The van der Waals surface area contributed by atoms with Crippen molar-refractivity contribution in [2.75, 3.05) is 20.2 Å². The molecule has 4 nitrogen and oxygen atoms in total. The molecule has 2 N–H and O–H groups in total. The fourth-order valence-corrected chi connectivity index (χ4v) is 3.45. The van der Waals surface area contributed by atoms with Crippen LogP contribution >= 0.6 is 0 Å². The number of ether oxygens (including phenoxy) is 1. The highest BCUT2D eigenvalue weighted by atomic mass is 16.5. The van der Waals surface area contributed by atoms with Crippen molar-refractivity contribution in [3.63, 3.8) is 0 Å². The van der Waals surface area contributed by atoms with Crippen LogP contribution < -0.4 is 5.32 Å². The van der Waals surface area contributed by atoms with Gasteiger partial charge in [0.25, 0.3) is 0 Å². The highest BCUT2D eigenvalue weighted by Gasteiger charge is 2.24. The molecule has 0 bridgehead atoms. The van der Waals surface area contributed by atoms with Gasteiger partial charge in [0.1, 0.15) is 5.75 Å². The van der Waals surface area contributed by atoms with Crippen LogP contribution in [-0.4, -0.2) is 47.9 Å². The molecule has 1 heterocycles. The summed E-state index contributed by atoms with van der Waals surface area (Å²) in [6.07, 6.45) is 3.38. The van der Waals surface area contributed by atoms with Crippen molar-refractivity contribution in [1.82, 2.24) is 10.2 Å². The predicted octanol–water partition coefficient (Wildman–Crippen LogP) is 3.15. The largest absolute Gasteiger partial charge is 0.508 e. The summed E-state index contributed by atoms with van der Waals surface area (Å²) < 4.78 is 5.52. The van der Waals surface area contributed by atoms with Crippen LogP contribution in [0.3, 0.4) is 0 Å². The number of phenols is 1. The lowest BCUT2D eigenvalue weighted by Crippen LogP contribution is -2.47. The van der Waals surface area contributed by atoms with Crippen molar-refractivity contribution < 1.29 is 9.84 Å². The van der Waals surface area contributed by atoms with Gasteiger partial charge in [0.15, 0.2) is 0 Å². The molecule has 0 aliphatic carbocycles. The molecule has 1 aromatic carbocycles. The Hall–Kier alpha value is -1.10. The minimum absolute atomic E-state index is 0.0670. The number of hydrogen-bond donors (Lipinski definition) is 2. The molecule has 4 heteroatoms. The summed E-state index contributed by atoms with van der Waals surface area (Å²) in [6, 6.07) is 8.64. The monoisotopic (exact) mass is 320 g/mol. The lowest BCUT2D eigenvalue weighted by atomic mass is 9.97. The van der Waals surface area contributed by atoms with E-state index >= 15 is 0 Å². The van der Waals surface area contributed by atoms with Crippen molar-refractivity contribution in [2.24, 2.45) is 0 Å². The smallest absolute Gasteiger partial charge is 0.115 e. The molecular formula is C19H32N2O2. The van der Waals surface area contributed by atoms with E-state index in [-0.39, 0.29) is 5.60 Å². The maximum absolute atomic E-state index is 9.56. The number of hydrogen-bond acceptors (Lipinski definition) is 4. The second-order valence-electron chi connectivity index (χ2n) is 7.46. The Morgan fingerprint density at radius 1 is 1.35 bits per heavy atom. The maximum Gasteiger partial charge on any atom is 0.115 e. The van der Waals surface area contributed by atoms with Crippen molar-refractivity contribution >= 4 is 0 Å². The van der Waals surface area contributed by atoms with Gasteiger partial charge >= 0.3 is 0 Å². The van der Waals surface area contributed by atoms with Crippen LogP contribution in [0.4, 0.5) is 0 Å². The SMILES string of the molecule is COC(C)(C)C[C@H](C)NC1CCN(Cc2cccc(O)c2)CC1. The number of phenolic OH excluding ortho intramolecular Hbond substituents is 1. The number of likely N-dealkylation sites (tertiary alicyclic amines) is 1. The molecule has 1 atom stereocenters. The number of nitrogens with one attached hydrogen (secondary N) is 1. The third-order valence-electron chi connectivity index (χ3n) is 4.77. The number of aromatic hydroxyl groups is 1. The molecular weight excluding hydrogens is 288 g/mol. The zero-order chi connectivity index (χ0) is 16.9. The van der Waals surface area contributed by atoms with Crippen LogP contribution in [0.15, 0.2) is 24.3 Å². The maximum atomic E-state index is 9.56.